The number of hydrogen-bond acceptors (Lipinski definition) is 4. The van der Waals surface area contributed by atoms with Gasteiger partial charge < -0.3 is 20.1 Å². The van der Waals surface area contributed by atoms with Gasteiger partial charge in [-0.3, -0.25) is 4.99 Å². The van der Waals surface area contributed by atoms with E-state index < -0.39 is 6.10 Å². The van der Waals surface area contributed by atoms with Gasteiger partial charge in [0.25, 0.3) is 0 Å². The number of benzene rings is 2. The van der Waals surface area contributed by atoms with Crippen molar-refractivity contribution in [2.75, 3.05) is 38.5 Å². The second-order valence-corrected chi connectivity index (χ2v) is 8.67. The zero-order chi connectivity index (χ0) is 21.0. The highest BCUT2D eigenvalue weighted by Gasteiger charge is 2.25. The van der Waals surface area contributed by atoms with Crippen molar-refractivity contribution in [1.82, 2.24) is 10.2 Å². The number of guanidine groups is 1. The van der Waals surface area contributed by atoms with Gasteiger partial charge in [0.1, 0.15) is 0 Å². The molecule has 3 rings (SSSR count). The summed E-state index contributed by atoms with van der Waals surface area (Å²) in [5, 5.41) is 13.6. The van der Waals surface area contributed by atoms with Crippen LogP contribution in [0.2, 0.25) is 0 Å². The fourth-order valence-corrected chi connectivity index (χ4v) is 4.50. The summed E-state index contributed by atoms with van der Waals surface area (Å²) >= 11 is 1.93. The Hall–Kier alpha value is -1.29. The first-order chi connectivity index (χ1) is 14.7. The average Bonchev–Trinajstić information content (AvgIpc) is 3.25. The average molecular weight is 556 g/mol. The van der Waals surface area contributed by atoms with Crippen molar-refractivity contribution in [2.24, 2.45) is 10.9 Å². The molecular weight excluding hydrogens is 521 g/mol. The lowest BCUT2D eigenvalue weighted by molar-refractivity contribution is 0.0330. The standard InChI is InChI=1S/C24H33N3O2S.HI/c1-2-25-24(26-15-22(28)18-29-17-20-9-5-3-6-10-20)27-14-13-21(16-27)19-30-23-11-7-4-8-12-23;/h3-12,21-22,28H,2,13-19H2,1H3,(H,25,26);1H. The van der Waals surface area contributed by atoms with Crippen LogP contribution < -0.4 is 5.32 Å². The van der Waals surface area contributed by atoms with Crippen molar-refractivity contribution in [1.29, 1.82) is 0 Å². The molecular formula is C24H34IN3O2S. The molecule has 0 aliphatic carbocycles. The van der Waals surface area contributed by atoms with Crippen molar-refractivity contribution in [2.45, 2.75) is 31.0 Å². The number of nitrogens with one attached hydrogen (secondary N) is 1. The van der Waals surface area contributed by atoms with E-state index in [9.17, 15) is 5.11 Å². The third-order valence-electron chi connectivity index (χ3n) is 5.02. The Labute approximate surface area is 207 Å². The van der Waals surface area contributed by atoms with E-state index in [1.807, 2.05) is 42.1 Å². The Morgan fingerprint density at radius 1 is 1.19 bits per heavy atom. The minimum absolute atomic E-state index is 0. The highest BCUT2D eigenvalue weighted by atomic mass is 127. The number of aliphatic hydroxyl groups excluding tert-OH is 1. The van der Waals surface area contributed by atoms with E-state index in [-0.39, 0.29) is 30.6 Å². The number of halogens is 1. The van der Waals surface area contributed by atoms with Gasteiger partial charge in [-0.1, -0.05) is 48.5 Å². The quantitative estimate of drug-likeness (QED) is 0.199. The Morgan fingerprint density at radius 2 is 1.90 bits per heavy atom. The summed E-state index contributed by atoms with van der Waals surface area (Å²) in [6.45, 7) is 6.05. The molecule has 1 fully saturated rings. The second kappa shape index (κ2) is 14.7. The van der Waals surface area contributed by atoms with Crippen molar-refractivity contribution in [3.8, 4) is 0 Å². The Morgan fingerprint density at radius 3 is 2.61 bits per heavy atom. The number of aliphatic imine (C=N–C) groups is 1. The Kier molecular flexibility index (Phi) is 12.3. The Balaban J connectivity index is 0.00000341. The van der Waals surface area contributed by atoms with E-state index in [1.54, 1.807) is 0 Å². The molecule has 1 aliphatic heterocycles. The molecule has 0 saturated carbocycles. The number of thioether (sulfide) groups is 1. The molecule has 2 unspecified atom stereocenters. The number of rotatable bonds is 10. The third kappa shape index (κ3) is 9.39. The van der Waals surface area contributed by atoms with Crippen LogP contribution in [0.25, 0.3) is 0 Å². The maximum Gasteiger partial charge on any atom is 0.194 e. The maximum absolute atomic E-state index is 10.3. The van der Waals surface area contributed by atoms with Gasteiger partial charge in [0.2, 0.25) is 0 Å². The lowest BCUT2D eigenvalue weighted by atomic mass is 10.2. The lowest BCUT2D eigenvalue weighted by Crippen LogP contribution is -2.41. The molecule has 1 aliphatic rings. The maximum atomic E-state index is 10.3. The van der Waals surface area contributed by atoms with Crippen LogP contribution in [-0.4, -0.2) is 60.6 Å². The summed E-state index contributed by atoms with van der Waals surface area (Å²) < 4.78 is 5.63. The third-order valence-corrected chi connectivity index (χ3v) is 6.27. The van der Waals surface area contributed by atoms with Gasteiger partial charge in [0.15, 0.2) is 5.96 Å². The molecule has 0 amide bonds. The molecule has 170 valence electrons. The summed E-state index contributed by atoms with van der Waals surface area (Å²) in [5.41, 5.74) is 1.11. The highest BCUT2D eigenvalue weighted by molar-refractivity contribution is 14.0. The van der Waals surface area contributed by atoms with Crippen molar-refractivity contribution < 1.29 is 9.84 Å². The monoisotopic (exact) mass is 555 g/mol. The summed E-state index contributed by atoms with van der Waals surface area (Å²) in [6, 6.07) is 20.6. The first kappa shape index (κ1) is 26.0. The van der Waals surface area contributed by atoms with Crippen molar-refractivity contribution in [3.05, 3.63) is 66.2 Å². The van der Waals surface area contributed by atoms with E-state index in [2.05, 4.69) is 52.5 Å². The summed E-state index contributed by atoms with van der Waals surface area (Å²) in [5.74, 6) is 2.67. The van der Waals surface area contributed by atoms with Crippen LogP contribution in [0.15, 0.2) is 70.6 Å². The van der Waals surface area contributed by atoms with Crippen LogP contribution in [0.5, 0.6) is 0 Å². The van der Waals surface area contributed by atoms with E-state index >= 15 is 0 Å². The van der Waals surface area contributed by atoms with Crippen LogP contribution in [-0.2, 0) is 11.3 Å². The molecule has 0 aromatic heterocycles. The van der Waals surface area contributed by atoms with Gasteiger partial charge >= 0.3 is 0 Å². The number of aliphatic hydroxyl groups is 1. The van der Waals surface area contributed by atoms with Gasteiger partial charge in [0.05, 0.1) is 25.9 Å². The van der Waals surface area contributed by atoms with E-state index in [1.165, 1.54) is 11.3 Å². The lowest BCUT2D eigenvalue weighted by Gasteiger charge is -2.22. The van der Waals surface area contributed by atoms with Gasteiger partial charge in [-0.25, -0.2) is 0 Å². The summed E-state index contributed by atoms with van der Waals surface area (Å²) in [6.07, 6.45) is 0.571. The minimum Gasteiger partial charge on any atom is -0.389 e. The van der Waals surface area contributed by atoms with Gasteiger partial charge in [-0.15, -0.1) is 35.7 Å². The predicted octanol–water partition coefficient (Wildman–Crippen LogP) is 4.26. The van der Waals surface area contributed by atoms with Gasteiger partial charge in [0, 0.05) is 30.3 Å². The van der Waals surface area contributed by atoms with Crippen LogP contribution in [0.1, 0.15) is 18.9 Å². The van der Waals surface area contributed by atoms with Crippen LogP contribution in [0.3, 0.4) is 0 Å². The van der Waals surface area contributed by atoms with E-state index in [0.29, 0.717) is 19.1 Å². The van der Waals surface area contributed by atoms with Crippen molar-refractivity contribution >= 4 is 41.7 Å². The normalized spacial score (nSPS) is 17.3. The zero-order valence-corrected chi connectivity index (χ0v) is 21.3. The zero-order valence-electron chi connectivity index (χ0n) is 18.2. The molecule has 7 heteroatoms. The molecule has 0 radical (unpaired) electrons. The number of hydrogen-bond donors (Lipinski definition) is 2. The number of likely N-dealkylation sites (tertiary alicyclic amines) is 1. The summed E-state index contributed by atoms with van der Waals surface area (Å²) in [4.78, 5) is 8.31. The van der Waals surface area contributed by atoms with Gasteiger partial charge in [-0.05, 0) is 37.0 Å². The van der Waals surface area contributed by atoms with E-state index in [4.69, 9.17) is 4.74 Å². The molecule has 31 heavy (non-hydrogen) atoms. The topological polar surface area (TPSA) is 57.1 Å². The molecule has 2 aromatic rings. The van der Waals surface area contributed by atoms with Crippen LogP contribution >= 0.6 is 35.7 Å². The smallest absolute Gasteiger partial charge is 0.194 e. The number of ether oxygens (including phenoxy) is 1. The van der Waals surface area contributed by atoms with Crippen molar-refractivity contribution in [3.63, 3.8) is 0 Å². The first-order valence-corrected chi connectivity index (χ1v) is 11.7. The fraction of sp³-hybridized carbons (Fsp3) is 0.458. The molecule has 0 spiro atoms. The Bertz CT molecular complexity index is 764. The summed E-state index contributed by atoms with van der Waals surface area (Å²) in [7, 11) is 0. The minimum atomic E-state index is -0.602. The second-order valence-electron chi connectivity index (χ2n) is 7.57. The first-order valence-electron chi connectivity index (χ1n) is 10.8. The fourth-order valence-electron chi connectivity index (χ4n) is 3.45. The molecule has 2 aromatic carbocycles. The molecule has 1 saturated heterocycles. The molecule has 0 bridgehead atoms. The largest absolute Gasteiger partial charge is 0.389 e. The number of nitrogens with zero attached hydrogens (tertiary/aromatic N) is 2. The van der Waals surface area contributed by atoms with Crippen LogP contribution in [0.4, 0.5) is 0 Å². The van der Waals surface area contributed by atoms with Crippen LogP contribution in [0, 0.1) is 5.92 Å². The van der Waals surface area contributed by atoms with Gasteiger partial charge in [-0.2, -0.15) is 0 Å². The molecule has 2 atom stereocenters. The SMILES string of the molecule is CCNC(=NCC(O)COCc1ccccc1)N1CCC(CSc2ccccc2)C1.I. The predicted molar refractivity (Wildman–Crippen MR) is 140 cm³/mol. The molecule has 2 N–H and O–H groups in total. The van der Waals surface area contributed by atoms with E-state index in [0.717, 1.165) is 36.9 Å². The molecule has 5 nitrogen and oxygen atoms in total. The molecule has 1 heterocycles. The highest BCUT2D eigenvalue weighted by Crippen LogP contribution is 2.25.